The second-order valence-corrected chi connectivity index (χ2v) is 8.17. The summed E-state index contributed by atoms with van der Waals surface area (Å²) in [5.74, 6) is 1.86. The fraction of sp³-hybridized carbons (Fsp3) is 0.321. The van der Waals surface area contributed by atoms with Gasteiger partial charge in [-0.25, -0.2) is 0 Å². The third kappa shape index (κ3) is 9.36. The van der Waals surface area contributed by atoms with Gasteiger partial charge in [-0.15, -0.1) is 0 Å². The van der Waals surface area contributed by atoms with E-state index in [0.29, 0.717) is 0 Å². The average molecular weight is 434 g/mol. The zero-order chi connectivity index (χ0) is 23.3. The van der Waals surface area contributed by atoms with E-state index in [9.17, 15) is 4.79 Å². The summed E-state index contributed by atoms with van der Waals surface area (Å²) in [6.07, 6.45) is 1.18. The van der Waals surface area contributed by atoms with E-state index < -0.39 is 0 Å². The van der Waals surface area contributed by atoms with Gasteiger partial charge in [-0.3, -0.25) is 4.79 Å². The van der Waals surface area contributed by atoms with Crippen LogP contribution in [0, 0.1) is 0 Å². The Labute approximate surface area is 192 Å². The van der Waals surface area contributed by atoms with E-state index in [1.165, 1.54) is 5.56 Å². The second kappa shape index (κ2) is 13.3. The van der Waals surface area contributed by atoms with Crippen LogP contribution in [0.25, 0.3) is 0 Å². The molecule has 170 valence electrons. The molecule has 0 aromatic heterocycles. The highest BCUT2D eigenvalue weighted by atomic mass is 16.5. The number of nitrogens with zero attached hydrogens (tertiary/aromatic N) is 1. The van der Waals surface area contributed by atoms with Crippen molar-refractivity contribution >= 4 is 5.78 Å². The second-order valence-electron chi connectivity index (χ2n) is 8.17. The van der Waals surface area contributed by atoms with Crippen molar-refractivity contribution in [3.63, 3.8) is 0 Å². The molecule has 1 atom stereocenters. The number of rotatable bonds is 9. The van der Waals surface area contributed by atoms with Gasteiger partial charge in [0, 0.05) is 18.5 Å². The Morgan fingerprint density at radius 3 is 1.72 bits per heavy atom. The van der Waals surface area contributed by atoms with E-state index >= 15 is 0 Å². The van der Waals surface area contributed by atoms with Gasteiger partial charge < -0.3 is 14.4 Å². The molecule has 0 aliphatic rings. The Bertz CT molecular complexity index is 906. The molecule has 32 heavy (non-hydrogen) atoms. The molecule has 1 unspecified atom stereocenters. The van der Waals surface area contributed by atoms with E-state index in [4.69, 9.17) is 9.47 Å². The van der Waals surface area contributed by atoms with Crippen LogP contribution in [0.4, 0.5) is 0 Å². The molecule has 0 spiro atoms. The molecule has 0 N–H and O–H groups in total. The molecular weight excluding hydrogens is 398 g/mol. The number of ketones is 1. The van der Waals surface area contributed by atoms with Crippen LogP contribution < -0.4 is 9.47 Å². The van der Waals surface area contributed by atoms with Gasteiger partial charge in [0.15, 0.2) is 5.78 Å². The third-order valence-electron chi connectivity index (χ3n) is 4.66. The number of benzene rings is 3. The molecule has 0 aliphatic heterocycles. The summed E-state index contributed by atoms with van der Waals surface area (Å²) in [6, 6.07) is 27.5. The Morgan fingerprint density at radius 1 is 0.781 bits per heavy atom. The Kier molecular flexibility index (Phi) is 10.5. The van der Waals surface area contributed by atoms with Gasteiger partial charge in [0.2, 0.25) is 0 Å². The maximum absolute atomic E-state index is 10.6. The summed E-state index contributed by atoms with van der Waals surface area (Å²) in [4.78, 5) is 12.8. The molecule has 3 rings (SSSR count). The molecular formula is C28H35NO3. The molecule has 0 bridgehead atoms. The fourth-order valence-corrected chi connectivity index (χ4v) is 3.04. The van der Waals surface area contributed by atoms with Gasteiger partial charge in [0.25, 0.3) is 0 Å². The zero-order valence-corrected chi connectivity index (χ0v) is 19.8. The molecule has 0 heterocycles. The number of hydrogen-bond donors (Lipinski definition) is 0. The SMILES string of the molecule is CC(=O)c1ccccc1.CC(C)Oc1ccc(OC(CCN(C)C)c2ccccc2)cc1. The highest BCUT2D eigenvalue weighted by Gasteiger charge is 2.14. The minimum Gasteiger partial charge on any atom is -0.491 e. The summed E-state index contributed by atoms with van der Waals surface area (Å²) in [7, 11) is 4.17. The lowest BCUT2D eigenvalue weighted by Crippen LogP contribution is -2.18. The minimum absolute atomic E-state index is 0.0514. The topological polar surface area (TPSA) is 38.8 Å². The lowest BCUT2D eigenvalue weighted by atomic mass is 10.1. The summed E-state index contributed by atoms with van der Waals surface area (Å²) < 4.78 is 11.9. The van der Waals surface area contributed by atoms with Gasteiger partial charge in [-0.1, -0.05) is 60.7 Å². The molecule has 0 fully saturated rings. The molecule has 3 aromatic carbocycles. The molecule has 0 saturated carbocycles. The fourth-order valence-electron chi connectivity index (χ4n) is 3.04. The highest BCUT2D eigenvalue weighted by molar-refractivity contribution is 5.93. The zero-order valence-electron chi connectivity index (χ0n) is 19.8. The maximum Gasteiger partial charge on any atom is 0.159 e. The molecule has 0 radical (unpaired) electrons. The van der Waals surface area contributed by atoms with Crippen molar-refractivity contribution in [2.75, 3.05) is 20.6 Å². The van der Waals surface area contributed by atoms with E-state index in [1.807, 2.05) is 74.5 Å². The van der Waals surface area contributed by atoms with Crippen LogP contribution in [0.15, 0.2) is 84.9 Å². The van der Waals surface area contributed by atoms with E-state index in [1.54, 1.807) is 6.92 Å². The van der Waals surface area contributed by atoms with Crippen LogP contribution in [0.1, 0.15) is 49.2 Å². The first kappa shape index (κ1) is 25.2. The van der Waals surface area contributed by atoms with Crippen LogP contribution in [-0.2, 0) is 0 Å². The minimum atomic E-state index is 0.0514. The lowest BCUT2D eigenvalue weighted by molar-refractivity contribution is 0.101. The lowest BCUT2D eigenvalue weighted by Gasteiger charge is -2.22. The van der Waals surface area contributed by atoms with Gasteiger partial charge in [0.05, 0.1) is 6.10 Å². The Balaban J connectivity index is 0.000000336. The van der Waals surface area contributed by atoms with Gasteiger partial charge in [0.1, 0.15) is 17.6 Å². The smallest absolute Gasteiger partial charge is 0.159 e. The summed E-state index contributed by atoms with van der Waals surface area (Å²) in [5.41, 5.74) is 1.98. The van der Waals surface area contributed by atoms with Crippen LogP contribution in [0.3, 0.4) is 0 Å². The summed E-state index contributed by atoms with van der Waals surface area (Å²) in [5, 5.41) is 0. The van der Waals surface area contributed by atoms with E-state index in [-0.39, 0.29) is 18.0 Å². The molecule has 4 nitrogen and oxygen atoms in total. The third-order valence-corrected chi connectivity index (χ3v) is 4.66. The average Bonchev–Trinajstić information content (AvgIpc) is 2.79. The number of hydrogen-bond acceptors (Lipinski definition) is 4. The van der Waals surface area contributed by atoms with Crippen molar-refractivity contribution in [2.45, 2.75) is 39.4 Å². The molecule has 4 heteroatoms. The quantitative estimate of drug-likeness (QED) is 0.364. The van der Waals surface area contributed by atoms with Crippen molar-refractivity contribution in [1.29, 1.82) is 0 Å². The standard InChI is InChI=1S/C20H27NO2.C8H8O/c1-16(2)22-18-10-12-19(13-11-18)23-20(14-15-21(3)4)17-8-6-5-7-9-17;1-7(9)8-5-3-2-4-6-8/h5-13,16,20H,14-15H2,1-4H3;2-6H,1H3. The number of Topliss-reactive ketones (excluding diaryl/α,β-unsaturated/α-hetero) is 1. The van der Waals surface area contributed by atoms with Crippen molar-refractivity contribution in [2.24, 2.45) is 0 Å². The van der Waals surface area contributed by atoms with E-state index in [2.05, 4.69) is 43.3 Å². The van der Waals surface area contributed by atoms with Crippen molar-refractivity contribution < 1.29 is 14.3 Å². The molecule has 3 aromatic rings. The molecule has 0 aliphatic carbocycles. The predicted octanol–water partition coefficient (Wildman–Crippen LogP) is 6.43. The van der Waals surface area contributed by atoms with Crippen LogP contribution in [0.5, 0.6) is 11.5 Å². The highest BCUT2D eigenvalue weighted by Crippen LogP contribution is 2.26. The predicted molar refractivity (Wildman–Crippen MR) is 132 cm³/mol. The normalized spacial score (nSPS) is 11.5. The van der Waals surface area contributed by atoms with Crippen molar-refractivity contribution in [3.05, 3.63) is 96.1 Å². The number of ether oxygens (including phenoxy) is 2. The first-order chi connectivity index (χ1) is 15.3. The maximum atomic E-state index is 10.6. The van der Waals surface area contributed by atoms with Crippen molar-refractivity contribution in [3.8, 4) is 11.5 Å². The van der Waals surface area contributed by atoms with Gasteiger partial charge in [-0.05, 0) is 64.7 Å². The number of carbonyl (C=O) groups excluding carboxylic acids is 1. The molecule has 0 amide bonds. The number of carbonyl (C=O) groups is 1. The van der Waals surface area contributed by atoms with Gasteiger partial charge >= 0.3 is 0 Å². The first-order valence-corrected chi connectivity index (χ1v) is 11.0. The van der Waals surface area contributed by atoms with Gasteiger partial charge in [-0.2, -0.15) is 0 Å². The summed E-state index contributed by atoms with van der Waals surface area (Å²) in [6.45, 7) is 6.59. The Hall–Kier alpha value is -3.11. The van der Waals surface area contributed by atoms with Crippen LogP contribution in [0.2, 0.25) is 0 Å². The first-order valence-electron chi connectivity index (χ1n) is 11.0. The van der Waals surface area contributed by atoms with E-state index in [0.717, 1.165) is 30.0 Å². The van der Waals surface area contributed by atoms with Crippen molar-refractivity contribution in [1.82, 2.24) is 4.90 Å². The molecule has 0 saturated heterocycles. The Morgan fingerprint density at radius 2 is 1.28 bits per heavy atom. The van der Waals surface area contributed by atoms with Crippen LogP contribution >= 0.6 is 0 Å². The largest absolute Gasteiger partial charge is 0.491 e. The summed E-state index contributed by atoms with van der Waals surface area (Å²) >= 11 is 0. The van der Waals surface area contributed by atoms with Crippen LogP contribution in [-0.4, -0.2) is 37.4 Å². The monoisotopic (exact) mass is 433 g/mol.